The molecule has 94 valence electrons. The van der Waals surface area contributed by atoms with Gasteiger partial charge in [-0.3, -0.25) is 0 Å². The fourth-order valence-electron chi connectivity index (χ4n) is 1.49. The molecular weight excluding hydrogens is 256 g/mol. The number of primary sulfonamides is 1. The first-order valence-corrected chi connectivity index (χ1v) is 6.47. The van der Waals surface area contributed by atoms with Crippen molar-refractivity contribution in [2.24, 2.45) is 5.14 Å². The smallest absolute Gasteiger partial charge is 0.337 e. The third kappa shape index (κ3) is 2.41. The number of carboxylic acid groups (broad SMARTS) is 1. The van der Waals surface area contributed by atoms with Crippen molar-refractivity contribution in [3.05, 3.63) is 48.3 Å². The van der Waals surface area contributed by atoms with Gasteiger partial charge in [-0.15, -0.1) is 0 Å². The fourth-order valence-corrected chi connectivity index (χ4v) is 2.01. The van der Waals surface area contributed by atoms with Crippen LogP contribution in [0.1, 0.15) is 10.4 Å². The Bertz CT molecular complexity index is 686. The lowest BCUT2D eigenvalue weighted by Crippen LogP contribution is -2.11. The summed E-state index contributed by atoms with van der Waals surface area (Å²) in [6.07, 6.45) is 3.02. The van der Waals surface area contributed by atoms with E-state index in [1.54, 1.807) is 22.9 Å². The van der Waals surface area contributed by atoms with Crippen LogP contribution in [0.25, 0.3) is 5.69 Å². The number of sulfonamides is 1. The molecule has 0 aliphatic rings. The minimum absolute atomic E-state index is 0.0110. The first kappa shape index (κ1) is 12.3. The van der Waals surface area contributed by atoms with E-state index < -0.39 is 16.0 Å². The number of benzene rings is 1. The lowest BCUT2D eigenvalue weighted by Gasteiger charge is -2.03. The zero-order valence-corrected chi connectivity index (χ0v) is 9.96. The standard InChI is InChI=1S/C11H10N2O4S/c12-18(16,17)10-3-1-9(2-4-10)13-6-5-8(7-13)11(14)15/h1-7H,(H,14,15)(H2,12,16,17). The summed E-state index contributed by atoms with van der Waals surface area (Å²) in [4.78, 5) is 10.7. The van der Waals surface area contributed by atoms with Crippen LogP contribution in [0.4, 0.5) is 0 Å². The van der Waals surface area contributed by atoms with E-state index >= 15 is 0 Å². The minimum Gasteiger partial charge on any atom is -0.478 e. The van der Waals surface area contributed by atoms with E-state index in [0.29, 0.717) is 5.69 Å². The average Bonchev–Trinajstić information content (AvgIpc) is 2.77. The molecule has 0 saturated heterocycles. The summed E-state index contributed by atoms with van der Waals surface area (Å²) >= 11 is 0. The number of carboxylic acids is 1. The first-order chi connectivity index (χ1) is 8.38. The van der Waals surface area contributed by atoms with Gasteiger partial charge >= 0.3 is 5.97 Å². The second-order valence-electron chi connectivity index (χ2n) is 3.65. The Morgan fingerprint density at radius 2 is 1.78 bits per heavy atom. The monoisotopic (exact) mass is 266 g/mol. The van der Waals surface area contributed by atoms with Gasteiger partial charge in [0.25, 0.3) is 0 Å². The van der Waals surface area contributed by atoms with Crippen LogP contribution in [0.5, 0.6) is 0 Å². The van der Waals surface area contributed by atoms with Crippen LogP contribution in [0, 0.1) is 0 Å². The second-order valence-corrected chi connectivity index (χ2v) is 5.21. The Kier molecular flexibility index (Phi) is 2.93. The molecule has 18 heavy (non-hydrogen) atoms. The molecule has 0 aliphatic carbocycles. The Balaban J connectivity index is 2.37. The van der Waals surface area contributed by atoms with Crippen molar-refractivity contribution in [2.45, 2.75) is 4.90 Å². The van der Waals surface area contributed by atoms with E-state index in [2.05, 4.69) is 0 Å². The van der Waals surface area contributed by atoms with Crippen molar-refractivity contribution in [1.82, 2.24) is 4.57 Å². The van der Waals surface area contributed by atoms with Gasteiger partial charge in [0.15, 0.2) is 0 Å². The van der Waals surface area contributed by atoms with Crippen molar-refractivity contribution in [3.63, 3.8) is 0 Å². The summed E-state index contributed by atoms with van der Waals surface area (Å²) in [6, 6.07) is 7.28. The molecule has 0 aliphatic heterocycles. The highest BCUT2D eigenvalue weighted by Crippen LogP contribution is 2.14. The van der Waals surface area contributed by atoms with E-state index in [1.807, 2.05) is 0 Å². The fraction of sp³-hybridized carbons (Fsp3) is 0. The van der Waals surface area contributed by atoms with Crippen molar-refractivity contribution < 1.29 is 18.3 Å². The number of hydrogen-bond acceptors (Lipinski definition) is 3. The van der Waals surface area contributed by atoms with E-state index in [1.165, 1.54) is 24.4 Å². The van der Waals surface area contributed by atoms with E-state index in [0.717, 1.165) is 0 Å². The van der Waals surface area contributed by atoms with Crippen LogP contribution in [0.15, 0.2) is 47.6 Å². The Morgan fingerprint density at radius 3 is 2.22 bits per heavy atom. The van der Waals surface area contributed by atoms with Crippen LogP contribution in [0.3, 0.4) is 0 Å². The van der Waals surface area contributed by atoms with Gasteiger partial charge in [-0.05, 0) is 30.3 Å². The molecule has 6 nitrogen and oxygen atoms in total. The summed E-state index contributed by atoms with van der Waals surface area (Å²) < 4.78 is 23.7. The number of hydrogen-bond donors (Lipinski definition) is 2. The maximum absolute atomic E-state index is 11.1. The van der Waals surface area contributed by atoms with Crippen molar-refractivity contribution >= 4 is 16.0 Å². The number of nitrogens with zero attached hydrogens (tertiary/aromatic N) is 1. The predicted molar refractivity (Wildman–Crippen MR) is 64.1 cm³/mol. The number of rotatable bonds is 3. The Labute approximate surface area is 103 Å². The van der Waals surface area contributed by atoms with Gasteiger partial charge in [0.1, 0.15) is 0 Å². The van der Waals surface area contributed by atoms with Gasteiger partial charge in [0, 0.05) is 18.1 Å². The molecule has 0 fully saturated rings. The maximum Gasteiger partial charge on any atom is 0.337 e. The number of aromatic nitrogens is 1. The summed E-state index contributed by atoms with van der Waals surface area (Å²) in [7, 11) is -3.71. The molecule has 3 N–H and O–H groups in total. The van der Waals surface area contributed by atoms with Crippen molar-refractivity contribution in [1.29, 1.82) is 0 Å². The molecule has 1 heterocycles. The molecule has 1 aromatic heterocycles. The Morgan fingerprint density at radius 1 is 1.17 bits per heavy atom. The third-order valence-electron chi connectivity index (χ3n) is 2.40. The Hall–Kier alpha value is -2.12. The molecule has 0 bridgehead atoms. The summed E-state index contributed by atoms with van der Waals surface area (Å²) in [5.41, 5.74) is 0.806. The van der Waals surface area contributed by atoms with Crippen LogP contribution < -0.4 is 5.14 Å². The summed E-state index contributed by atoms with van der Waals surface area (Å²) in [5, 5.41) is 13.8. The van der Waals surface area contributed by atoms with E-state index in [9.17, 15) is 13.2 Å². The molecule has 0 amide bonds. The van der Waals surface area contributed by atoms with Crippen molar-refractivity contribution in [2.75, 3.05) is 0 Å². The van der Waals surface area contributed by atoms with Gasteiger partial charge in [-0.25, -0.2) is 18.4 Å². The molecule has 0 radical (unpaired) electrons. The van der Waals surface area contributed by atoms with Crippen molar-refractivity contribution in [3.8, 4) is 5.69 Å². The number of aromatic carboxylic acids is 1. The SMILES string of the molecule is NS(=O)(=O)c1ccc(-n2ccc(C(=O)O)c2)cc1. The molecule has 0 saturated carbocycles. The van der Waals surface area contributed by atoms with Gasteiger partial charge in [-0.2, -0.15) is 0 Å². The average molecular weight is 266 g/mol. The molecule has 2 rings (SSSR count). The zero-order valence-electron chi connectivity index (χ0n) is 9.15. The number of nitrogens with two attached hydrogens (primary N) is 1. The third-order valence-corrected chi connectivity index (χ3v) is 3.33. The van der Waals surface area contributed by atoms with Gasteiger partial charge in [0.2, 0.25) is 10.0 Å². The van der Waals surface area contributed by atoms with Crippen LogP contribution in [-0.2, 0) is 10.0 Å². The highest BCUT2D eigenvalue weighted by Gasteiger charge is 2.08. The predicted octanol–water partition coefficient (Wildman–Crippen LogP) is 0.823. The maximum atomic E-state index is 11.1. The highest BCUT2D eigenvalue weighted by atomic mass is 32.2. The molecule has 2 aromatic rings. The summed E-state index contributed by atoms with van der Waals surface area (Å²) in [5.74, 6) is -1.02. The van der Waals surface area contributed by atoms with Gasteiger partial charge in [-0.1, -0.05) is 0 Å². The molecule has 0 atom stereocenters. The number of carbonyl (C=O) groups is 1. The molecule has 0 unspecified atom stereocenters. The van der Waals surface area contributed by atoms with E-state index in [4.69, 9.17) is 10.2 Å². The second kappa shape index (κ2) is 4.28. The molecule has 7 heteroatoms. The topological polar surface area (TPSA) is 102 Å². The molecular formula is C11H10N2O4S. The highest BCUT2D eigenvalue weighted by molar-refractivity contribution is 7.89. The normalized spacial score (nSPS) is 11.4. The summed E-state index contributed by atoms with van der Waals surface area (Å²) in [6.45, 7) is 0. The molecule has 1 aromatic carbocycles. The van der Waals surface area contributed by atoms with Crippen LogP contribution in [-0.4, -0.2) is 24.1 Å². The lowest BCUT2D eigenvalue weighted by atomic mass is 10.3. The lowest BCUT2D eigenvalue weighted by molar-refractivity contribution is 0.0697. The van der Waals surface area contributed by atoms with Gasteiger partial charge in [0.05, 0.1) is 10.5 Å². The van der Waals surface area contributed by atoms with Crippen LogP contribution >= 0.6 is 0 Å². The zero-order chi connectivity index (χ0) is 13.3. The van der Waals surface area contributed by atoms with Gasteiger partial charge < -0.3 is 9.67 Å². The first-order valence-electron chi connectivity index (χ1n) is 4.92. The minimum atomic E-state index is -3.71. The molecule has 0 spiro atoms. The largest absolute Gasteiger partial charge is 0.478 e. The van der Waals surface area contributed by atoms with E-state index in [-0.39, 0.29) is 10.5 Å². The quantitative estimate of drug-likeness (QED) is 0.858. The van der Waals surface area contributed by atoms with Crippen LogP contribution in [0.2, 0.25) is 0 Å².